The highest BCUT2D eigenvalue weighted by molar-refractivity contribution is 7.80. The minimum atomic E-state index is -4.45. The fourth-order valence-electron chi connectivity index (χ4n) is 6.79. The van der Waals surface area contributed by atoms with Crippen molar-refractivity contribution in [3.8, 4) is 0 Å². The van der Waals surface area contributed by atoms with Gasteiger partial charge in [-0.05, 0) is 49.5 Å². The average Bonchev–Trinajstić information content (AvgIpc) is 3.31. The number of halogens is 6. The lowest BCUT2D eigenvalue weighted by atomic mass is 9.99. The van der Waals surface area contributed by atoms with E-state index < -0.39 is 23.5 Å². The predicted octanol–water partition coefficient (Wildman–Crippen LogP) is 7.96. The number of aliphatic imine (C=N–C) groups is 3. The van der Waals surface area contributed by atoms with Gasteiger partial charge in [-0.15, -0.1) is 0 Å². The van der Waals surface area contributed by atoms with E-state index in [4.69, 9.17) is 40.4 Å². The number of rotatable bonds is 5. The van der Waals surface area contributed by atoms with Gasteiger partial charge in [-0.25, -0.2) is 9.38 Å². The van der Waals surface area contributed by atoms with Gasteiger partial charge >= 0.3 is 6.18 Å². The number of alkyl halides is 3. The molecule has 4 aromatic rings. The average molecular weight is 852 g/mol. The first-order valence-electron chi connectivity index (χ1n) is 17.8. The predicted molar refractivity (Wildman–Crippen MR) is 221 cm³/mol. The molecule has 1 saturated heterocycles. The van der Waals surface area contributed by atoms with E-state index >= 15 is 0 Å². The van der Waals surface area contributed by atoms with Crippen LogP contribution in [-0.4, -0.2) is 102 Å². The highest BCUT2D eigenvalue weighted by Crippen LogP contribution is 2.36. The van der Waals surface area contributed by atoms with Crippen LogP contribution in [0.5, 0.6) is 0 Å². The number of benzene rings is 4. The van der Waals surface area contributed by atoms with Gasteiger partial charge in [0.1, 0.15) is 28.9 Å². The molecular weight excluding hydrogens is 819 g/mol. The Balaban J connectivity index is 0.000000184. The summed E-state index contributed by atoms with van der Waals surface area (Å²) in [6.45, 7) is 2.20. The molecule has 4 aliphatic heterocycles. The lowest BCUT2D eigenvalue weighted by Gasteiger charge is -2.31. The number of nitro benzene ring substituents is 1. The maximum absolute atomic E-state index is 14.2. The van der Waals surface area contributed by atoms with Crippen LogP contribution in [0, 0.1) is 15.9 Å². The molecule has 1 amide bonds. The van der Waals surface area contributed by atoms with Crippen LogP contribution < -0.4 is 9.80 Å². The number of hydrogen-bond donors (Lipinski definition) is 0. The van der Waals surface area contributed by atoms with Gasteiger partial charge in [0, 0.05) is 76.8 Å². The smallest absolute Gasteiger partial charge is 0.373 e. The Bertz CT molecular complexity index is 2450. The summed E-state index contributed by atoms with van der Waals surface area (Å²) in [4.78, 5) is 44.8. The molecule has 58 heavy (non-hydrogen) atoms. The van der Waals surface area contributed by atoms with Gasteiger partial charge in [0.15, 0.2) is 0 Å². The number of nitro groups is 1. The minimum Gasteiger partial charge on any atom is -0.373 e. The molecule has 4 heterocycles. The Kier molecular flexibility index (Phi) is 11.7. The van der Waals surface area contributed by atoms with Gasteiger partial charge in [0.25, 0.3) is 11.6 Å². The molecule has 0 saturated carbocycles. The Morgan fingerprint density at radius 1 is 0.845 bits per heavy atom. The van der Waals surface area contributed by atoms with Gasteiger partial charge in [-0.1, -0.05) is 65.8 Å². The summed E-state index contributed by atoms with van der Waals surface area (Å²) < 4.78 is 53.2. The molecular formula is C40H32Cl2F4N8O3S. The van der Waals surface area contributed by atoms with Gasteiger partial charge < -0.3 is 14.7 Å². The second-order valence-corrected chi connectivity index (χ2v) is 14.8. The second kappa shape index (κ2) is 16.7. The Morgan fingerprint density at radius 2 is 1.48 bits per heavy atom. The van der Waals surface area contributed by atoms with Gasteiger partial charge in [0.2, 0.25) is 0 Å². The summed E-state index contributed by atoms with van der Waals surface area (Å²) in [5, 5.41) is 12.3. The van der Waals surface area contributed by atoms with Crippen molar-refractivity contribution in [3.63, 3.8) is 0 Å². The van der Waals surface area contributed by atoms with Gasteiger partial charge in [-0.2, -0.15) is 13.2 Å². The van der Waals surface area contributed by atoms with Crippen LogP contribution in [0.4, 0.5) is 34.6 Å². The molecule has 4 aromatic carbocycles. The van der Waals surface area contributed by atoms with Gasteiger partial charge in [0.05, 0.1) is 40.8 Å². The molecule has 0 radical (unpaired) electrons. The topological polar surface area (TPSA) is 110 Å². The Morgan fingerprint density at radius 3 is 2.17 bits per heavy atom. The van der Waals surface area contributed by atoms with E-state index in [0.717, 1.165) is 31.1 Å². The highest BCUT2D eigenvalue weighted by Gasteiger charge is 2.38. The number of nitrogens with zero attached hydrogens (tertiary/aromatic N) is 8. The Labute approximate surface area is 345 Å². The Hall–Kier alpha value is -5.55. The molecule has 18 heteroatoms. The summed E-state index contributed by atoms with van der Waals surface area (Å²) >= 11 is 17.6. The number of benzodiazepines with no additional fused rings is 1. The van der Waals surface area contributed by atoms with Crippen LogP contribution >= 0.6 is 35.4 Å². The number of thiocarbonyl (C=S) groups is 1. The minimum absolute atomic E-state index is 0.00670. The molecule has 8 rings (SSSR count). The lowest BCUT2D eigenvalue weighted by Crippen LogP contribution is -2.42. The fraction of sp³-hybridized carbons (Fsp3) is 0.225. The van der Waals surface area contributed by atoms with E-state index in [0.29, 0.717) is 49.7 Å². The summed E-state index contributed by atoms with van der Waals surface area (Å²) in [7, 11) is 2.07. The number of piperazine rings is 1. The van der Waals surface area contributed by atoms with E-state index in [-0.39, 0.29) is 46.6 Å². The molecule has 4 aliphatic rings. The quantitative estimate of drug-likeness (QED) is 0.0659. The number of hydrogen-bond acceptors (Lipinski definition) is 9. The molecule has 0 unspecified atom stereocenters. The van der Waals surface area contributed by atoms with Crippen molar-refractivity contribution in [2.24, 2.45) is 15.0 Å². The first-order chi connectivity index (χ1) is 27.7. The normalized spacial score (nSPS) is 17.6. The van der Waals surface area contributed by atoms with Crippen LogP contribution in [0.25, 0.3) is 0 Å². The molecule has 0 bridgehead atoms. The van der Waals surface area contributed by atoms with Crippen LogP contribution in [0.2, 0.25) is 10.0 Å². The van der Waals surface area contributed by atoms with E-state index in [1.165, 1.54) is 53.4 Å². The van der Waals surface area contributed by atoms with E-state index in [9.17, 15) is 32.5 Å². The van der Waals surface area contributed by atoms with Crippen LogP contribution in [0.3, 0.4) is 0 Å². The number of likely N-dealkylation sites (N-methyl/N-ethyl adjacent to an activating group) is 1. The first-order valence-corrected chi connectivity index (χ1v) is 19.0. The molecule has 11 nitrogen and oxygen atoms in total. The van der Waals surface area contributed by atoms with Crippen molar-refractivity contribution in [1.82, 2.24) is 9.80 Å². The zero-order valence-electron chi connectivity index (χ0n) is 30.6. The number of anilines is 2. The zero-order valence-corrected chi connectivity index (χ0v) is 32.9. The summed E-state index contributed by atoms with van der Waals surface area (Å²) in [6, 6.07) is 21.9. The second-order valence-electron chi connectivity index (χ2n) is 13.5. The van der Waals surface area contributed by atoms with Gasteiger partial charge in [-0.3, -0.25) is 29.8 Å². The van der Waals surface area contributed by atoms with Crippen LogP contribution in [0.1, 0.15) is 22.3 Å². The lowest BCUT2D eigenvalue weighted by molar-refractivity contribution is -0.384. The van der Waals surface area contributed by atoms with Crippen molar-refractivity contribution < 1.29 is 27.3 Å². The number of fused-ring (bicyclic) bond motifs is 4. The third-order valence-electron chi connectivity index (χ3n) is 9.61. The van der Waals surface area contributed by atoms with E-state index in [1.807, 2.05) is 12.1 Å². The standard InChI is InChI=1S/C23H21ClN6O3.C17H11ClF4N2S/c1-27-8-10-28(11-9-27)14-19-23(31)29-20-7-6-15(30(32)33)12-17(20)22(25-13-21(29)26-19)16-4-2-3-5-18(16)24;18-10-5-6-14-12(7-10)16(11-3-1-2-4-13(11)19)23-8-15(25)24(14)9-17(20,21)22/h2-7,12,14H,8-11,13H2,1H3;1-7H,8-9H2/b19-14-;. The van der Waals surface area contributed by atoms with Crippen molar-refractivity contribution in [2.45, 2.75) is 6.18 Å². The van der Waals surface area contributed by atoms with Crippen molar-refractivity contribution in [2.75, 3.05) is 62.7 Å². The van der Waals surface area contributed by atoms with Crippen LogP contribution in [-0.2, 0) is 4.79 Å². The highest BCUT2D eigenvalue weighted by atomic mass is 35.5. The molecule has 0 atom stereocenters. The van der Waals surface area contributed by atoms with Crippen LogP contribution in [0.15, 0.2) is 112 Å². The number of non-ortho nitro benzene ring substituents is 1. The fourth-order valence-corrected chi connectivity index (χ4v) is 7.42. The molecule has 1 fully saturated rings. The van der Waals surface area contributed by atoms with E-state index in [2.05, 4.69) is 26.8 Å². The largest absolute Gasteiger partial charge is 0.406 e. The van der Waals surface area contributed by atoms with E-state index in [1.54, 1.807) is 30.5 Å². The first kappa shape index (κ1) is 40.6. The monoisotopic (exact) mass is 850 g/mol. The maximum Gasteiger partial charge on any atom is 0.406 e. The molecule has 0 spiro atoms. The molecule has 298 valence electrons. The number of carbonyl (C=O) groups is 1. The van der Waals surface area contributed by atoms with Crippen molar-refractivity contribution in [1.29, 1.82) is 0 Å². The third-order valence-corrected chi connectivity index (χ3v) is 10.5. The third kappa shape index (κ3) is 8.65. The molecule has 0 N–H and O–H groups in total. The summed E-state index contributed by atoms with van der Waals surface area (Å²) in [5.74, 6) is -0.311. The number of amidine groups is 1. The molecule has 0 aliphatic carbocycles. The molecule has 0 aromatic heterocycles. The SMILES string of the molecule is CN1CCN(/C=C2\N=C3CN=C(c4ccccc4Cl)c4cc([N+](=O)[O-])ccc4N3C2=O)CC1.Fc1ccccc1C1=NCC(=S)N(CC(F)(F)F)c2ccc(Cl)cc21. The number of carbonyl (C=O) groups excluding carboxylic acids is 1. The zero-order chi connectivity index (χ0) is 41.3. The maximum atomic E-state index is 14.2. The number of amides is 1. The van der Waals surface area contributed by atoms with Crippen molar-refractivity contribution in [3.05, 3.63) is 145 Å². The van der Waals surface area contributed by atoms with Crippen molar-refractivity contribution >= 4 is 80.6 Å². The summed E-state index contributed by atoms with van der Waals surface area (Å²) in [6.07, 6.45) is -2.65. The summed E-state index contributed by atoms with van der Waals surface area (Å²) in [5.41, 5.74) is 3.28.